The number of nitrogens with one attached hydrogen (secondary N) is 1. The smallest absolute Gasteiger partial charge is 0.268 e. The molecule has 1 aromatic heterocycles. The van der Waals surface area contributed by atoms with Crippen molar-refractivity contribution in [1.82, 2.24) is 9.88 Å². The van der Waals surface area contributed by atoms with E-state index >= 15 is 0 Å². The Morgan fingerprint density at radius 3 is 2.23 bits per heavy atom. The maximum atomic E-state index is 13.4. The molecule has 1 N–H and O–H groups in total. The van der Waals surface area contributed by atoms with Crippen LogP contribution in [0.2, 0.25) is 5.02 Å². The molecule has 156 valence electrons. The summed E-state index contributed by atoms with van der Waals surface area (Å²) in [6.45, 7) is 4.27. The largest absolute Gasteiger partial charge is 0.347 e. The molecule has 0 bridgehead atoms. The molecule has 1 amide bonds. The zero-order valence-corrected chi connectivity index (χ0v) is 18.5. The van der Waals surface area contributed by atoms with Gasteiger partial charge in [0.05, 0.1) is 0 Å². The van der Waals surface area contributed by atoms with Gasteiger partial charge >= 0.3 is 0 Å². The fourth-order valence-electron chi connectivity index (χ4n) is 3.84. The Balaban J connectivity index is 1.92. The average molecular weight is 431 g/mol. The van der Waals surface area contributed by atoms with Crippen molar-refractivity contribution < 1.29 is 4.79 Å². The number of nitrogens with zero attached hydrogens (tertiary/aromatic N) is 1. The molecule has 4 nitrogen and oxygen atoms in total. The monoisotopic (exact) mass is 430 g/mol. The Bertz CT molecular complexity index is 1360. The topological polar surface area (TPSA) is 51.1 Å². The Hall–Kier alpha value is -3.37. The number of hydrogen-bond donors (Lipinski definition) is 1. The number of amides is 1. The number of fused-ring (bicyclic) bond motifs is 1. The van der Waals surface area contributed by atoms with E-state index in [0.717, 1.165) is 33.2 Å². The highest BCUT2D eigenvalue weighted by Crippen LogP contribution is 2.32. The van der Waals surface area contributed by atoms with E-state index in [1.807, 2.05) is 74.5 Å². The van der Waals surface area contributed by atoms with E-state index in [9.17, 15) is 9.59 Å². The number of rotatable bonds is 4. The molecule has 0 saturated heterocycles. The lowest BCUT2D eigenvalue weighted by Gasteiger charge is -2.18. The minimum Gasteiger partial charge on any atom is -0.347 e. The fourth-order valence-corrected chi connectivity index (χ4v) is 4.04. The third-order valence-corrected chi connectivity index (χ3v) is 6.05. The second kappa shape index (κ2) is 8.40. The SMILES string of the molecule is Cc1cc2c(-c3ccccc3)c(C(=O)NCc3ccccc3Cl)n(C)c(=O)c2cc1C. The summed E-state index contributed by atoms with van der Waals surface area (Å²) in [7, 11) is 1.65. The minimum atomic E-state index is -0.321. The van der Waals surface area contributed by atoms with Gasteiger partial charge in [0.15, 0.2) is 0 Å². The molecule has 0 aliphatic carbocycles. The van der Waals surface area contributed by atoms with Gasteiger partial charge in [0.25, 0.3) is 11.5 Å². The van der Waals surface area contributed by atoms with E-state index in [4.69, 9.17) is 11.6 Å². The zero-order valence-electron chi connectivity index (χ0n) is 17.7. The summed E-state index contributed by atoms with van der Waals surface area (Å²) in [6, 6.07) is 21.0. The number of aromatic nitrogens is 1. The van der Waals surface area contributed by atoms with Crippen LogP contribution in [0.25, 0.3) is 21.9 Å². The lowest BCUT2D eigenvalue weighted by atomic mass is 9.93. The Kier molecular flexibility index (Phi) is 5.66. The molecule has 0 aliphatic heterocycles. The molecule has 0 spiro atoms. The highest BCUT2D eigenvalue weighted by atomic mass is 35.5. The van der Waals surface area contributed by atoms with Crippen LogP contribution in [-0.4, -0.2) is 10.5 Å². The third-order valence-electron chi connectivity index (χ3n) is 5.69. The molecule has 5 heteroatoms. The molecule has 0 atom stereocenters. The van der Waals surface area contributed by atoms with Crippen LogP contribution < -0.4 is 10.9 Å². The van der Waals surface area contributed by atoms with Crippen LogP contribution in [0.15, 0.2) is 71.5 Å². The highest BCUT2D eigenvalue weighted by Gasteiger charge is 2.22. The van der Waals surface area contributed by atoms with Crippen molar-refractivity contribution in [1.29, 1.82) is 0 Å². The molecule has 0 unspecified atom stereocenters. The van der Waals surface area contributed by atoms with E-state index < -0.39 is 0 Å². The summed E-state index contributed by atoms with van der Waals surface area (Å²) in [4.78, 5) is 26.6. The quantitative estimate of drug-likeness (QED) is 0.471. The molecule has 4 rings (SSSR count). The molecule has 4 aromatic rings. The predicted molar refractivity (Wildman–Crippen MR) is 127 cm³/mol. The van der Waals surface area contributed by atoms with Crippen molar-refractivity contribution >= 4 is 28.3 Å². The van der Waals surface area contributed by atoms with Crippen LogP contribution >= 0.6 is 11.6 Å². The van der Waals surface area contributed by atoms with Crippen LogP contribution in [0, 0.1) is 13.8 Å². The molecule has 0 radical (unpaired) electrons. The van der Waals surface area contributed by atoms with Gasteiger partial charge in [-0.2, -0.15) is 0 Å². The Morgan fingerprint density at radius 1 is 0.935 bits per heavy atom. The van der Waals surface area contributed by atoms with Crippen molar-refractivity contribution in [3.05, 3.63) is 104 Å². The second-order valence-corrected chi connectivity index (χ2v) is 8.12. The number of halogens is 1. The fraction of sp³-hybridized carbons (Fsp3) is 0.154. The molecule has 1 heterocycles. The first-order chi connectivity index (χ1) is 14.9. The van der Waals surface area contributed by atoms with Crippen LogP contribution in [0.1, 0.15) is 27.2 Å². The van der Waals surface area contributed by atoms with Crippen molar-refractivity contribution in [2.75, 3.05) is 0 Å². The van der Waals surface area contributed by atoms with Gasteiger partial charge in [-0.15, -0.1) is 0 Å². The van der Waals surface area contributed by atoms with Crippen molar-refractivity contribution in [2.24, 2.45) is 7.05 Å². The molecule has 0 aliphatic rings. The number of hydrogen-bond acceptors (Lipinski definition) is 2. The van der Waals surface area contributed by atoms with Crippen molar-refractivity contribution in [2.45, 2.75) is 20.4 Å². The first-order valence-electron chi connectivity index (χ1n) is 10.1. The summed E-state index contributed by atoms with van der Waals surface area (Å²) in [5.41, 5.74) is 4.70. The molecule has 0 fully saturated rings. The van der Waals surface area contributed by atoms with Gasteiger partial charge in [-0.3, -0.25) is 9.59 Å². The number of benzene rings is 3. The molecular weight excluding hydrogens is 408 g/mol. The molecule has 3 aromatic carbocycles. The third kappa shape index (κ3) is 3.87. The maximum absolute atomic E-state index is 13.4. The standard InChI is InChI=1S/C26H23ClN2O2/c1-16-13-20-21(14-17(16)2)26(31)29(3)24(23(20)18-9-5-4-6-10-18)25(30)28-15-19-11-7-8-12-22(19)27/h4-14H,15H2,1-3H3,(H,28,30). The number of aryl methyl sites for hydroxylation is 2. The first kappa shape index (κ1) is 20.9. The summed E-state index contributed by atoms with van der Waals surface area (Å²) < 4.78 is 1.45. The van der Waals surface area contributed by atoms with Gasteiger partial charge in [-0.25, -0.2) is 0 Å². The lowest BCUT2D eigenvalue weighted by molar-refractivity contribution is 0.0942. The van der Waals surface area contributed by atoms with E-state index in [-0.39, 0.29) is 18.0 Å². The molecule has 0 saturated carbocycles. The van der Waals surface area contributed by atoms with Crippen LogP contribution in [-0.2, 0) is 13.6 Å². The number of pyridine rings is 1. The summed E-state index contributed by atoms with van der Waals surface area (Å²) in [5.74, 6) is -0.321. The van der Waals surface area contributed by atoms with E-state index in [0.29, 0.717) is 16.1 Å². The minimum absolute atomic E-state index is 0.194. The van der Waals surface area contributed by atoms with Gasteiger partial charge < -0.3 is 9.88 Å². The number of carbonyl (C=O) groups excluding carboxylic acids is 1. The Labute approximate surface area is 186 Å². The predicted octanol–water partition coefficient (Wildman–Crippen LogP) is 5.41. The lowest BCUT2D eigenvalue weighted by Crippen LogP contribution is -2.32. The van der Waals surface area contributed by atoms with Gasteiger partial charge in [0.2, 0.25) is 0 Å². The summed E-state index contributed by atoms with van der Waals surface area (Å²) >= 11 is 6.24. The molecule has 31 heavy (non-hydrogen) atoms. The van der Waals surface area contributed by atoms with E-state index in [2.05, 4.69) is 5.32 Å². The molecular formula is C26H23ClN2O2. The summed E-state index contributed by atoms with van der Waals surface area (Å²) in [5, 5.41) is 4.91. The van der Waals surface area contributed by atoms with E-state index in [1.54, 1.807) is 13.1 Å². The second-order valence-electron chi connectivity index (χ2n) is 7.71. The normalized spacial score (nSPS) is 11.0. The Morgan fingerprint density at radius 2 is 1.55 bits per heavy atom. The van der Waals surface area contributed by atoms with Crippen LogP contribution in [0.3, 0.4) is 0 Å². The van der Waals surface area contributed by atoms with Crippen molar-refractivity contribution in [3.8, 4) is 11.1 Å². The maximum Gasteiger partial charge on any atom is 0.268 e. The number of carbonyl (C=O) groups is 1. The van der Waals surface area contributed by atoms with Crippen LogP contribution in [0.4, 0.5) is 0 Å². The first-order valence-corrected chi connectivity index (χ1v) is 10.5. The van der Waals surface area contributed by atoms with Gasteiger partial charge in [0, 0.05) is 29.6 Å². The van der Waals surface area contributed by atoms with Crippen molar-refractivity contribution in [3.63, 3.8) is 0 Å². The van der Waals surface area contributed by atoms with Gasteiger partial charge in [-0.1, -0.05) is 66.2 Å². The average Bonchev–Trinajstić information content (AvgIpc) is 2.77. The summed E-state index contributed by atoms with van der Waals surface area (Å²) in [6.07, 6.45) is 0. The van der Waals surface area contributed by atoms with Gasteiger partial charge in [0.1, 0.15) is 5.69 Å². The highest BCUT2D eigenvalue weighted by molar-refractivity contribution is 6.31. The van der Waals surface area contributed by atoms with Crippen LogP contribution in [0.5, 0.6) is 0 Å². The van der Waals surface area contributed by atoms with Gasteiger partial charge in [-0.05, 0) is 53.6 Å². The van der Waals surface area contributed by atoms with E-state index in [1.165, 1.54) is 4.57 Å². The zero-order chi connectivity index (χ0) is 22.1.